The van der Waals surface area contributed by atoms with Gasteiger partial charge in [0.1, 0.15) is 11.5 Å². The quantitative estimate of drug-likeness (QED) is 0.782. The van der Waals surface area contributed by atoms with Crippen molar-refractivity contribution in [3.8, 4) is 11.5 Å². The average Bonchev–Trinajstić information content (AvgIpc) is 2.56. The molecule has 0 aliphatic heterocycles. The van der Waals surface area contributed by atoms with Gasteiger partial charge in [-0.3, -0.25) is 4.79 Å². The van der Waals surface area contributed by atoms with Gasteiger partial charge >= 0.3 is 0 Å². The summed E-state index contributed by atoms with van der Waals surface area (Å²) in [5.74, 6) is 1.31. The molecule has 0 aliphatic carbocycles. The predicted molar refractivity (Wildman–Crippen MR) is 87.8 cm³/mol. The zero-order valence-corrected chi connectivity index (χ0v) is 13.0. The van der Waals surface area contributed by atoms with E-state index in [0.717, 1.165) is 30.0 Å². The summed E-state index contributed by atoms with van der Waals surface area (Å²) in [5.41, 5.74) is 1.30. The molecule has 0 saturated heterocycles. The van der Waals surface area contributed by atoms with Crippen LogP contribution in [0.1, 0.15) is 30.1 Å². The van der Waals surface area contributed by atoms with E-state index in [1.807, 2.05) is 12.1 Å². The number of rotatable bonds is 7. The molecule has 4 nitrogen and oxygen atoms in total. The average molecular weight is 299 g/mol. The highest BCUT2D eigenvalue weighted by atomic mass is 16.5. The van der Waals surface area contributed by atoms with Crippen LogP contribution in [0.15, 0.2) is 48.5 Å². The second kappa shape index (κ2) is 8.08. The van der Waals surface area contributed by atoms with Crippen LogP contribution < -0.4 is 14.8 Å². The molecule has 0 bridgehead atoms. The van der Waals surface area contributed by atoms with Gasteiger partial charge in [0, 0.05) is 11.3 Å². The maximum atomic E-state index is 12.3. The fraction of sp³-hybridized carbons (Fsp3) is 0.278. The lowest BCUT2D eigenvalue weighted by Crippen LogP contribution is -2.12. The maximum absolute atomic E-state index is 12.3. The summed E-state index contributed by atoms with van der Waals surface area (Å²) < 4.78 is 10.7. The maximum Gasteiger partial charge on any atom is 0.255 e. The smallest absolute Gasteiger partial charge is 0.255 e. The molecule has 0 heterocycles. The number of hydrogen-bond donors (Lipinski definition) is 1. The van der Waals surface area contributed by atoms with Gasteiger partial charge in [-0.1, -0.05) is 19.4 Å². The number of benzene rings is 2. The van der Waals surface area contributed by atoms with E-state index in [-0.39, 0.29) is 5.91 Å². The molecule has 2 rings (SSSR count). The zero-order valence-electron chi connectivity index (χ0n) is 13.0. The summed E-state index contributed by atoms with van der Waals surface area (Å²) in [5, 5.41) is 2.85. The fourth-order valence-electron chi connectivity index (χ4n) is 1.94. The Bertz CT molecular complexity index is 608. The molecule has 0 aromatic heterocycles. The second-order valence-corrected chi connectivity index (χ2v) is 4.91. The number of amides is 1. The molecule has 0 fully saturated rings. The van der Waals surface area contributed by atoms with Crippen molar-refractivity contribution < 1.29 is 14.3 Å². The van der Waals surface area contributed by atoms with Crippen molar-refractivity contribution in [2.24, 2.45) is 0 Å². The van der Waals surface area contributed by atoms with Crippen molar-refractivity contribution in [2.75, 3.05) is 19.0 Å². The minimum Gasteiger partial charge on any atom is -0.497 e. The number of unbranched alkanes of at least 4 members (excludes halogenated alkanes) is 1. The number of methoxy groups -OCH3 is 1. The highest BCUT2D eigenvalue weighted by Crippen LogP contribution is 2.18. The van der Waals surface area contributed by atoms with E-state index in [4.69, 9.17) is 9.47 Å². The van der Waals surface area contributed by atoms with E-state index in [2.05, 4.69) is 12.2 Å². The van der Waals surface area contributed by atoms with E-state index in [1.54, 1.807) is 43.5 Å². The van der Waals surface area contributed by atoms with E-state index in [1.165, 1.54) is 0 Å². The molecular formula is C18H21NO3. The van der Waals surface area contributed by atoms with E-state index < -0.39 is 0 Å². The third-order valence-corrected chi connectivity index (χ3v) is 3.21. The van der Waals surface area contributed by atoms with Crippen LogP contribution in [-0.4, -0.2) is 19.6 Å². The standard InChI is InChI=1S/C18H21NO3/c1-3-4-12-22-17-7-5-6-14(13-17)18(20)19-15-8-10-16(21-2)11-9-15/h5-11,13H,3-4,12H2,1-2H3,(H,19,20). The van der Waals surface area contributed by atoms with Gasteiger partial charge in [-0.15, -0.1) is 0 Å². The number of anilines is 1. The number of carbonyl (C=O) groups is 1. The van der Waals surface area contributed by atoms with E-state index in [0.29, 0.717) is 12.2 Å². The molecule has 0 spiro atoms. The molecule has 0 unspecified atom stereocenters. The lowest BCUT2D eigenvalue weighted by atomic mass is 10.2. The van der Waals surface area contributed by atoms with Crippen LogP contribution in [0.5, 0.6) is 11.5 Å². The van der Waals surface area contributed by atoms with Crippen LogP contribution in [0.3, 0.4) is 0 Å². The van der Waals surface area contributed by atoms with Crippen molar-refractivity contribution in [3.63, 3.8) is 0 Å². The number of ether oxygens (including phenoxy) is 2. The molecule has 0 atom stereocenters. The molecule has 4 heteroatoms. The van der Waals surface area contributed by atoms with Crippen LogP contribution in [0.25, 0.3) is 0 Å². The molecule has 1 amide bonds. The first kappa shape index (κ1) is 15.9. The van der Waals surface area contributed by atoms with Gasteiger partial charge in [-0.25, -0.2) is 0 Å². The third-order valence-electron chi connectivity index (χ3n) is 3.21. The van der Waals surface area contributed by atoms with Gasteiger partial charge in [-0.05, 0) is 48.9 Å². The van der Waals surface area contributed by atoms with E-state index >= 15 is 0 Å². The van der Waals surface area contributed by atoms with E-state index in [9.17, 15) is 4.79 Å². The predicted octanol–water partition coefficient (Wildman–Crippen LogP) is 4.13. The Labute approximate surface area is 131 Å². The Morgan fingerprint density at radius 3 is 2.55 bits per heavy atom. The first-order chi connectivity index (χ1) is 10.7. The summed E-state index contributed by atoms with van der Waals surface area (Å²) >= 11 is 0. The number of hydrogen-bond acceptors (Lipinski definition) is 3. The minimum atomic E-state index is -0.161. The van der Waals surface area contributed by atoms with Crippen LogP contribution >= 0.6 is 0 Å². The first-order valence-corrected chi connectivity index (χ1v) is 7.41. The monoisotopic (exact) mass is 299 g/mol. The highest BCUT2D eigenvalue weighted by Gasteiger charge is 2.07. The number of carbonyl (C=O) groups excluding carboxylic acids is 1. The summed E-state index contributed by atoms with van der Waals surface area (Å²) in [6.45, 7) is 2.78. The van der Waals surface area contributed by atoms with Gasteiger partial charge in [0.25, 0.3) is 5.91 Å². The molecule has 2 aromatic carbocycles. The molecule has 1 N–H and O–H groups in total. The SMILES string of the molecule is CCCCOc1cccc(C(=O)Nc2ccc(OC)cc2)c1. The summed E-state index contributed by atoms with van der Waals surface area (Å²) in [7, 11) is 1.61. The molecule has 116 valence electrons. The van der Waals surface area contributed by atoms with Crippen LogP contribution in [0, 0.1) is 0 Å². The molecule has 0 radical (unpaired) electrons. The Balaban J connectivity index is 2.00. The lowest BCUT2D eigenvalue weighted by Gasteiger charge is -2.09. The molecule has 0 aliphatic rings. The topological polar surface area (TPSA) is 47.6 Å². The molecular weight excluding hydrogens is 278 g/mol. The van der Waals surface area contributed by atoms with Crippen molar-refractivity contribution in [3.05, 3.63) is 54.1 Å². The Morgan fingerprint density at radius 2 is 1.86 bits per heavy atom. The highest BCUT2D eigenvalue weighted by molar-refractivity contribution is 6.04. The molecule has 0 saturated carbocycles. The lowest BCUT2D eigenvalue weighted by molar-refractivity contribution is 0.102. The normalized spacial score (nSPS) is 10.1. The summed E-state index contributed by atoms with van der Waals surface area (Å²) in [6, 6.07) is 14.4. The largest absolute Gasteiger partial charge is 0.497 e. The van der Waals surface area contributed by atoms with Gasteiger partial charge in [0.05, 0.1) is 13.7 Å². The number of nitrogens with one attached hydrogen (secondary N) is 1. The van der Waals surface area contributed by atoms with Crippen molar-refractivity contribution in [1.29, 1.82) is 0 Å². The van der Waals surface area contributed by atoms with Gasteiger partial charge in [-0.2, -0.15) is 0 Å². The Kier molecular flexibility index (Phi) is 5.83. The van der Waals surface area contributed by atoms with Crippen LogP contribution in [0.4, 0.5) is 5.69 Å². The molecule has 2 aromatic rings. The zero-order chi connectivity index (χ0) is 15.8. The molecule has 22 heavy (non-hydrogen) atoms. The first-order valence-electron chi connectivity index (χ1n) is 7.41. The van der Waals surface area contributed by atoms with Gasteiger partial charge in [0.2, 0.25) is 0 Å². The van der Waals surface area contributed by atoms with Crippen molar-refractivity contribution >= 4 is 11.6 Å². The fourth-order valence-corrected chi connectivity index (χ4v) is 1.94. The van der Waals surface area contributed by atoms with Gasteiger partial charge in [0.15, 0.2) is 0 Å². The van der Waals surface area contributed by atoms with Gasteiger partial charge < -0.3 is 14.8 Å². The third kappa shape index (κ3) is 4.52. The Morgan fingerprint density at radius 1 is 1.09 bits per heavy atom. The van der Waals surface area contributed by atoms with Crippen molar-refractivity contribution in [2.45, 2.75) is 19.8 Å². The van der Waals surface area contributed by atoms with Crippen LogP contribution in [0.2, 0.25) is 0 Å². The summed E-state index contributed by atoms with van der Waals surface area (Å²) in [6.07, 6.45) is 2.08. The summed E-state index contributed by atoms with van der Waals surface area (Å²) in [4.78, 5) is 12.3. The second-order valence-electron chi connectivity index (χ2n) is 4.91. The van der Waals surface area contributed by atoms with Crippen LogP contribution in [-0.2, 0) is 0 Å². The van der Waals surface area contributed by atoms with Crippen molar-refractivity contribution in [1.82, 2.24) is 0 Å². The minimum absolute atomic E-state index is 0.161. The Hall–Kier alpha value is -2.49.